The summed E-state index contributed by atoms with van der Waals surface area (Å²) in [6.45, 7) is 6.43. The Hall–Kier alpha value is -1.75. The number of likely N-dealkylation sites (tertiary alicyclic amines) is 1. The van der Waals surface area contributed by atoms with Gasteiger partial charge in [0.1, 0.15) is 0 Å². The summed E-state index contributed by atoms with van der Waals surface area (Å²) in [6, 6.07) is 10.9. The summed E-state index contributed by atoms with van der Waals surface area (Å²) < 4.78 is 0. The summed E-state index contributed by atoms with van der Waals surface area (Å²) in [7, 11) is 0. The van der Waals surface area contributed by atoms with Crippen LogP contribution in [0, 0.1) is 11.8 Å². The van der Waals surface area contributed by atoms with Crippen LogP contribution in [0.4, 0.5) is 10.5 Å². The van der Waals surface area contributed by atoms with Crippen molar-refractivity contribution < 1.29 is 4.79 Å². The number of carbonyl (C=O) groups excluding carboxylic acids is 1. The molecule has 1 aromatic carbocycles. The number of nitrogens with zero attached hydrogens (tertiary/aromatic N) is 2. The molecule has 2 amide bonds. The fourth-order valence-electron chi connectivity index (χ4n) is 5.34. The van der Waals surface area contributed by atoms with E-state index < -0.39 is 0 Å². The summed E-state index contributed by atoms with van der Waals surface area (Å²) in [6.07, 6.45) is 10.4. The van der Waals surface area contributed by atoms with Crippen molar-refractivity contribution in [3.8, 4) is 0 Å². The van der Waals surface area contributed by atoms with Crippen molar-refractivity contribution in [3.63, 3.8) is 0 Å². The van der Waals surface area contributed by atoms with Crippen LogP contribution in [0.15, 0.2) is 30.3 Å². The number of nitrogens with one attached hydrogen (secondary N) is 2. The Morgan fingerprint density at radius 1 is 0.897 bits per heavy atom. The number of benzene rings is 1. The van der Waals surface area contributed by atoms with Crippen LogP contribution >= 0.6 is 0 Å². The Morgan fingerprint density at radius 3 is 2.41 bits per heavy atom. The van der Waals surface area contributed by atoms with Gasteiger partial charge >= 0.3 is 6.03 Å². The lowest BCUT2D eigenvalue weighted by Gasteiger charge is -2.35. The molecule has 29 heavy (non-hydrogen) atoms. The number of para-hydroxylation sites is 1. The van der Waals surface area contributed by atoms with Crippen molar-refractivity contribution in [3.05, 3.63) is 30.3 Å². The SMILES string of the molecule is O=C(NC[C@H]1CCN(c2ccccc2)C1)NC1CCN(CC2CCCCC2)CC1. The molecule has 5 heteroatoms. The van der Waals surface area contributed by atoms with E-state index in [1.54, 1.807) is 0 Å². The number of carbonyl (C=O) groups is 1. The predicted molar refractivity (Wildman–Crippen MR) is 119 cm³/mol. The number of anilines is 1. The number of hydrogen-bond donors (Lipinski definition) is 2. The van der Waals surface area contributed by atoms with Crippen molar-refractivity contribution in [2.75, 3.05) is 44.2 Å². The second-order valence-corrected chi connectivity index (χ2v) is 9.37. The van der Waals surface area contributed by atoms with Gasteiger partial charge in [0.2, 0.25) is 0 Å². The van der Waals surface area contributed by atoms with Crippen molar-refractivity contribution in [1.29, 1.82) is 0 Å². The molecule has 0 radical (unpaired) electrons. The fraction of sp³-hybridized carbons (Fsp3) is 0.708. The van der Waals surface area contributed by atoms with E-state index in [2.05, 4.69) is 50.8 Å². The van der Waals surface area contributed by atoms with E-state index in [0.717, 1.165) is 57.9 Å². The van der Waals surface area contributed by atoms with Gasteiger partial charge in [-0.15, -0.1) is 0 Å². The Bertz CT molecular complexity index is 623. The Labute approximate surface area is 176 Å². The van der Waals surface area contributed by atoms with Crippen LogP contribution < -0.4 is 15.5 Å². The van der Waals surface area contributed by atoms with Crippen LogP contribution in [0.25, 0.3) is 0 Å². The number of hydrogen-bond acceptors (Lipinski definition) is 3. The molecule has 2 N–H and O–H groups in total. The molecule has 2 heterocycles. The van der Waals surface area contributed by atoms with Gasteiger partial charge in [-0.05, 0) is 56.1 Å². The Kier molecular flexibility index (Phi) is 7.31. The van der Waals surface area contributed by atoms with E-state index >= 15 is 0 Å². The number of piperidine rings is 1. The number of urea groups is 1. The minimum atomic E-state index is 0.0221. The molecule has 5 nitrogen and oxygen atoms in total. The van der Waals surface area contributed by atoms with Crippen molar-refractivity contribution >= 4 is 11.7 Å². The van der Waals surface area contributed by atoms with Gasteiger partial charge in [-0.25, -0.2) is 4.79 Å². The maximum Gasteiger partial charge on any atom is 0.315 e. The molecule has 4 rings (SSSR count). The highest BCUT2D eigenvalue weighted by atomic mass is 16.2. The molecule has 160 valence electrons. The minimum absolute atomic E-state index is 0.0221. The van der Waals surface area contributed by atoms with Gasteiger partial charge < -0.3 is 20.4 Å². The molecule has 3 aliphatic rings. The quantitative estimate of drug-likeness (QED) is 0.765. The first-order chi connectivity index (χ1) is 14.3. The average molecular weight is 399 g/mol. The molecule has 0 unspecified atom stereocenters. The van der Waals surface area contributed by atoms with E-state index in [9.17, 15) is 4.79 Å². The van der Waals surface area contributed by atoms with E-state index in [0.29, 0.717) is 12.0 Å². The molecule has 1 aliphatic carbocycles. The first kappa shape index (κ1) is 20.5. The van der Waals surface area contributed by atoms with Crippen molar-refractivity contribution in [1.82, 2.24) is 15.5 Å². The van der Waals surface area contributed by atoms with Gasteiger partial charge in [0.25, 0.3) is 0 Å². The zero-order valence-electron chi connectivity index (χ0n) is 17.8. The van der Waals surface area contributed by atoms with E-state index in [1.165, 1.54) is 44.3 Å². The third-order valence-electron chi connectivity index (χ3n) is 7.12. The third kappa shape index (κ3) is 6.11. The number of amides is 2. The molecule has 1 aromatic rings. The molecule has 2 aliphatic heterocycles. The summed E-state index contributed by atoms with van der Waals surface area (Å²) >= 11 is 0. The molecule has 3 fully saturated rings. The number of rotatable bonds is 6. The van der Waals surface area contributed by atoms with Gasteiger partial charge in [0, 0.05) is 51.0 Å². The topological polar surface area (TPSA) is 47.6 Å². The molecule has 0 spiro atoms. The third-order valence-corrected chi connectivity index (χ3v) is 7.12. The van der Waals surface area contributed by atoms with Gasteiger partial charge in [0.15, 0.2) is 0 Å². The maximum absolute atomic E-state index is 12.4. The summed E-state index contributed by atoms with van der Waals surface area (Å²) in [4.78, 5) is 17.4. The smallest absolute Gasteiger partial charge is 0.315 e. The molecular weight excluding hydrogens is 360 g/mol. The summed E-state index contributed by atoms with van der Waals surface area (Å²) in [5.41, 5.74) is 1.29. The molecule has 0 bridgehead atoms. The lowest BCUT2D eigenvalue weighted by atomic mass is 9.88. The van der Waals surface area contributed by atoms with Gasteiger partial charge in [-0.3, -0.25) is 0 Å². The van der Waals surface area contributed by atoms with E-state index in [4.69, 9.17) is 0 Å². The molecule has 1 saturated carbocycles. The van der Waals surface area contributed by atoms with Crippen molar-refractivity contribution in [2.45, 2.75) is 57.4 Å². The predicted octanol–water partition coefficient (Wildman–Crippen LogP) is 3.86. The second-order valence-electron chi connectivity index (χ2n) is 9.37. The monoisotopic (exact) mass is 398 g/mol. The van der Waals surface area contributed by atoms with Crippen LogP contribution in [-0.4, -0.2) is 56.2 Å². The Balaban J connectivity index is 1.10. The average Bonchev–Trinajstić information content (AvgIpc) is 3.24. The lowest BCUT2D eigenvalue weighted by molar-refractivity contribution is 0.155. The van der Waals surface area contributed by atoms with E-state index in [1.807, 2.05) is 0 Å². The van der Waals surface area contributed by atoms with Crippen molar-refractivity contribution in [2.24, 2.45) is 11.8 Å². The van der Waals surface area contributed by atoms with Crippen LogP contribution in [-0.2, 0) is 0 Å². The van der Waals surface area contributed by atoms with E-state index in [-0.39, 0.29) is 6.03 Å². The molecule has 0 aromatic heterocycles. The molecule has 1 atom stereocenters. The fourth-order valence-corrected chi connectivity index (χ4v) is 5.34. The second kappa shape index (κ2) is 10.3. The van der Waals surface area contributed by atoms with Gasteiger partial charge in [0.05, 0.1) is 0 Å². The van der Waals surface area contributed by atoms with Gasteiger partial charge in [-0.1, -0.05) is 37.5 Å². The van der Waals surface area contributed by atoms with Crippen LogP contribution in [0.5, 0.6) is 0 Å². The van der Waals surface area contributed by atoms with Crippen LogP contribution in [0.2, 0.25) is 0 Å². The zero-order chi connectivity index (χ0) is 19.9. The highest BCUT2D eigenvalue weighted by Gasteiger charge is 2.25. The molecular formula is C24H38N4O. The highest BCUT2D eigenvalue weighted by molar-refractivity contribution is 5.74. The lowest BCUT2D eigenvalue weighted by Crippen LogP contribution is -2.49. The summed E-state index contributed by atoms with van der Waals surface area (Å²) in [5, 5.41) is 6.35. The standard InChI is InChI=1S/C24H38N4O/c29-24(25-17-21-11-16-28(19-21)23-9-5-2-6-10-23)26-22-12-14-27(15-13-22)18-20-7-3-1-4-8-20/h2,5-6,9-10,20-22H,1,3-4,7-8,11-19H2,(H2,25,26,29)/t21-/m1/s1. The van der Waals surface area contributed by atoms with Crippen LogP contribution in [0.1, 0.15) is 51.4 Å². The Morgan fingerprint density at radius 2 is 1.66 bits per heavy atom. The van der Waals surface area contributed by atoms with Gasteiger partial charge in [-0.2, -0.15) is 0 Å². The largest absolute Gasteiger partial charge is 0.371 e. The first-order valence-corrected chi connectivity index (χ1v) is 11.8. The zero-order valence-corrected chi connectivity index (χ0v) is 17.8. The summed E-state index contributed by atoms with van der Waals surface area (Å²) in [5.74, 6) is 1.46. The van der Waals surface area contributed by atoms with Crippen LogP contribution in [0.3, 0.4) is 0 Å². The minimum Gasteiger partial charge on any atom is -0.371 e. The normalized spacial score (nSPS) is 24.6. The molecule has 2 saturated heterocycles. The first-order valence-electron chi connectivity index (χ1n) is 11.8. The maximum atomic E-state index is 12.4. The highest BCUT2D eigenvalue weighted by Crippen LogP contribution is 2.26.